The molecule has 0 radical (unpaired) electrons. The molecule has 6 atom stereocenters. The standard InChI is InChI=1S/C12H23NO8/c1-12(20,2-3-14)4-7(16)13-11-10(19)9(18)8(17)6(5-15)21-11/h6,8-11,14-15,17-20H,2-5H2,1H3,(H,13,16)/t6-,8+,9+,10-,11?,12?/m1/s1. The summed E-state index contributed by atoms with van der Waals surface area (Å²) in [5.41, 5.74) is -1.42. The number of rotatable bonds is 6. The molecular weight excluding hydrogens is 286 g/mol. The second kappa shape index (κ2) is 7.45. The van der Waals surface area contributed by atoms with E-state index in [1.54, 1.807) is 0 Å². The molecule has 1 rings (SSSR count). The highest BCUT2D eigenvalue weighted by atomic mass is 16.6. The fourth-order valence-corrected chi connectivity index (χ4v) is 2.11. The van der Waals surface area contributed by atoms with Gasteiger partial charge in [0, 0.05) is 6.61 Å². The minimum atomic E-state index is -1.58. The van der Waals surface area contributed by atoms with E-state index in [1.807, 2.05) is 0 Å². The van der Waals surface area contributed by atoms with Crippen molar-refractivity contribution >= 4 is 5.91 Å². The predicted molar refractivity (Wildman–Crippen MR) is 68.9 cm³/mol. The highest BCUT2D eigenvalue weighted by Gasteiger charge is 2.44. The van der Waals surface area contributed by atoms with Crippen molar-refractivity contribution in [3.05, 3.63) is 0 Å². The van der Waals surface area contributed by atoms with Gasteiger partial charge in [-0.2, -0.15) is 0 Å². The number of hydrogen-bond acceptors (Lipinski definition) is 8. The zero-order valence-corrected chi connectivity index (χ0v) is 11.7. The van der Waals surface area contributed by atoms with E-state index in [0.717, 1.165) is 0 Å². The molecule has 1 saturated heterocycles. The second-order valence-corrected chi connectivity index (χ2v) is 5.46. The average Bonchev–Trinajstić information content (AvgIpc) is 2.38. The van der Waals surface area contributed by atoms with Gasteiger partial charge in [-0.05, 0) is 13.3 Å². The average molecular weight is 309 g/mol. The van der Waals surface area contributed by atoms with E-state index in [4.69, 9.17) is 14.9 Å². The molecule has 2 unspecified atom stereocenters. The molecule has 0 aliphatic carbocycles. The molecule has 0 bridgehead atoms. The van der Waals surface area contributed by atoms with Gasteiger partial charge in [-0.25, -0.2) is 0 Å². The van der Waals surface area contributed by atoms with Crippen LogP contribution >= 0.6 is 0 Å². The Bertz CT molecular complexity index is 348. The number of carbonyl (C=O) groups is 1. The largest absolute Gasteiger partial charge is 0.396 e. The number of carbonyl (C=O) groups excluding carboxylic acids is 1. The lowest BCUT2D eigenvalue weighted by Gasteiger charge is -2.40. The van der Waals surface area contributed by atoms with Gasteiger partial charge in [-0.1, -0.05) is 0 Å². The first-order valence-corrected chi connectivity index (χ1v) is 6.65. The third-order valence-corrected chi connectivity index (χ3v) is 3.39. The monoisotopic (exact) mass is 309 g/mol. The summed E-state index contributed by atoms with van der Waals surface area (Å²) in [6, 6.07) is 0. The van der Waals surface area contributed by atoms with E-state index >= 15 is 0 Å². The molecule has 7 N–H and O–H groups in total. The van der Waals surface area contributed by atoms with E-state index < -0.39 is 48.8 Å². The summed E-state index contributed by atoms with van der Waals surface area (Å²) < 4.78 is 5.10. The molecule has 1 amide bonds. The Morgan fingerprint density at radius 1 is 1.19 bits per heavy atom. The number of ether oxygens (including phenoxy) is 1. The Morgan fingerprint density at radius 2 is 1.81 bits per heavy atom. The molecule has 9 nitrogen and oxygen atoms in total. The van der Waals surface area contributed by atoms with Gasteiger partial charge in [-0.15, -0.1) is 0 Å². The van der Waals surface area contributed by atoms with Crippen molar-refractivity contribution in [2.75, 3.05) is 13.2 Å². The van der Waals surface area contributed by atoms with Crippen LogP contribution in [0.15, 0.2) is 0 Å². The van der Waals surface area contributed by atoms with E-state index in [1.165, 1.54) is 6.92 Å². The fraction of sp³-hybridized carbons (Fsp3) is 0.917. The van der Waals surface area contributed by atoms with Crippen LogP contribution in [-0.2, 0) is 9.53 Å². The third kappa shape index (κ3) is 4.85. The minimum absolute atomic E-state index is 0.00486. The van der Waals surface area contributed by atoms with Crippen molar-refractivity contribution in [2.45, 2.75) is 56.0 Å². The number of aliphatic hydroxyl groups is 6. The number of amides is 1. The van der Waals surface area contributed by atoms with Gasteiger partial charge in [0.2, 0.25) is 5.91 Å². The quantitative estimate of drug-likeness (QED) is 0.265. The molecule has 124 valence electrons. The van der Waals surface area contributed by atoms with Crippen LogP contribution in [0.25, 0.3) is 0 Å². The lowest BCUT2D eigenvalue weighted by atomic mass is 9.96. The topological polar surface area (TPSA) is 160 Å². The molecular formula is C12H23NO8. The molecule has 0 saturated carbocycles. The van der Waals surface area contributed by atoms with Gasteiger partial charge in [0.1, 0.15) is 24.4 Å². The molecule has 21 heavy (non-hydrogen) atoms. The molecule has 1 aliphatic heterocycles. The first-order chi connectivity index (χ1) is 9.71. The molecule has 1 heterocycles. The van der Waals surface area contributed by atoms with Crippen molar-refractivity contribution in [2.24, 2.45) is 0 Å². The van der Waals surface area contributed by atoms with E-state index in [0.29, 0.717) is 0 Å². The smallest absolute Gasteiger partial charge is 0.224 e. The summed E-state index contributed by atoms with van der Waals surface area (Å²) in [5, 5.41) is 58.8. The van der Waals surface area contributed by atoms with E-state index in [9.17, 15) is 25.2 Å². The maximum atomic E-state index is 11.8. The van der Waals surface area contributed by atoms with Crippen molar-refractivity contribution in [1.29, 1.82) is 0 Å². The van der Waals surface area contributed by atoms with Crippen LogP contribution in [0.1, 0.15) is 19.8 Å². The molecule has 1 fully saturated rings. The molecule has 0 aromatic rings. The number of aliphatic hydroxyl groups excluding tert-OH is 5. The van der Waals surface area contributed by atoms with E-state index in [-0.39, 0.29) is 19.4 Å². The third-order valence-electron chi connectivity index (χ3n) is 3.39. The Hall–Kier alpha value is -0.810. The van der Waals surface area contributed by atoms with E-state index in [2.05, 4.69) is 5.32 Å². The van der Waals surface area contributed by atoms with Crippen LogP contribution in [0.5, 0.6) is 0 Å². The maximum Gasteiger partial charge on any atom is 0.224 e. The lowest BCUT2D eigenvalue weighted by Crippen LogP contribution is -2.63. The van der Waals surface area contributed by atoms with Crippen LogP contribution in [0, 0.1) is 0 Å². The summed E-state index contributed by atoms with van der Waals surface area (Å²) >= 11 is 0. The van der Waals surface area contributed by atoms with Gasteiger partial charge in [0.05, 0.1) is 18.6 Å². The number of hydrogen-bond donors (Lipinski definition) is 7. The summed E-state index contributed by atoms with van der Waals surface area (Å²) in [7, 11) is 0. The molecule has 0 spiro atoms. The predicted octanol–water partition coefficient (Wildman–Crippen LogP) is -3.57. The maximum absolute atomic E-state index is 11.8. The van der Waals surface area contributed by atoms with Gasteiger partial charge in [0.15, 0.2) is 6.23 Å². The molecule has 9 heteroatoms. The first-order valence-electron chi connectivity index (χ1n) is 6.65. The summed E-state index contributed by atoms with van der Waals surface area (Å²) in [5.74, 6) is -0.669. The Morgan fingerprint density at radius 3 is 2.33 bits per heavy atom. The Kier molecular flexibility index (Phi) is 6.47. The molecule has 0 aromatic carbocycles. The van der Waals surface area contributed by atoms with Crippen LogP contribution < -0.4 is 5.32 Å². The van der Waals surface area contributed by atoms with Crippen molar-refractivity contribution in [1.82, 2.24) is 5.32 Å². The zero-order valence-electron chi connectivity index (χ0n) is 11.7. The van der Waals surface area contributed by atoms with Crippen LogP contribution in [0.4, 0.5) is 0 Å². The Balaban J connectivity index is 2.62. The SMILES string of the molecule is CC(O)(CCO)CC(=O)NC1O[C@H](CO)[C@H](O)[C@H](O)[C@H]1O. The van der Waals surface area contributed by atoms with Crippen LogP contribution in [0.2, 0.25) is 0 Å². The zero-order chi connectivity index (χ0) is 16.2. The van der Waals surface area contributed by atoms with Crippen LogP contribution in [0.3, 0.4) is 0 Å². The van der Waals surface area contributed by atoms with Gasteiger partial charge < -0.3 is 40.7 Å². The van der Waals surface area contributed by atoms with Gasteiger partial charge >= 0.3 is 0 Å². The van der Waals surface area contributed by atoms with Gasteiger partial charge in [0.25, 0.3) is 0 Å². The Labute approximate surface area is 121 Å². The minimum Gasteiger partial charge on any atom is -0.396 e. The first kappa shape index (κ1) is 18.2. The normalized spacial score (nSPS) is 36.0. The fourth-order valence-electron chi connectivity index (χ4n) is 2.11. The van der Waals surface area contributed by atoms with Crippen molar-refractivity contribution in [3.8, 4) is 0 Å². The van der Waals surface area contributed by atoms with Gasteiger partial charge in [-0.3, -0.25) is 4.79 Å². The van der Waals surface area contributed by atoms with Crippen LogP contribution in [-0.4, -0.2) is 86.0 Å². The molecule has 1 aliphatic rings. The highest BCUT2D eigenvalue weighted by Crippen LogP contribution is 2.20. The number of nitrogens with one attached hydrogen (secondary N) is 1. The lowest BCUT2D eigenvalue weighted by molar-refractivity contribution is -0.236. The van der Waals surface area contributed by atoms with Crippen molar-refractivity contribution in [3.63, 3.8) is 0 Å². The van der Waals surface area contributed by atoms with Crippen molar-refractivity contribution < 1.29 is 40.2 Å². The highest BCUT2D eigenvalue weighted by molar-refractivity contribution is 5.77. The summed E-state index contributed by atoms with van der Waals surface area (Å²) in [6.45, 7) is 0.482. The summed E-state index contributed by atoms with van der Waals surface area (Å²) in [4.78, 5) is 11.8. The second-order valence-electron chi connectivity index (χ2n) is 5.46. The summed E-state index contributed by atoms with van der Waals surface area (Å²) in [6.07, 6.45) is -7.45. The molecule has 0 aromatic heterocycles.